The molecule has 0 bridgehead atoms. The molecule has 0 atom stereocenters. The molecule has 1 aliphatic heterocycles. The van der Waals surface area contributed by atoms with Gasteiger partial charge in [0.05, 0.1) is 4.90 Å². The van der Waals surface area contributed by atoms with Gasteiger partial charge in [0.1, 0.15) is 0 Å². The molecule has 0 amide bonds. The number of benzene rings is 1. The SMILES string of the molecule is Cl.O=S(=O)(c1ccc(Cl)cc1Br)N1CCNCC1. The summed E-state index contributed by atoms with van der Waals surface area (Å²) in [5.74, 6) is 0. The van der Waals surface area contributed by atoms with Crippen LogP contribution in [0.4, 0.5) is 0 Å². The molecular formula is C10H13BrCl2N2O2S. The van der Waals surface area contributed by atoms with E-state index in [1.54, 1.807) is 12.1 Å². The van der Waals surface area contributed by atoms with Crippen molar-refractivity contribution in [2.75, 3.05) is 26.2 Å². The van der Waals surface area contributed by atoms with Gasteiger partial charge in [0, 0.05) is 35.7 Å². The molecule has 0 aromatic heterocycles. The minimum Gasteiger partial charge on any atom is -0.314 e. The van der Waals surface area contributed by atoms with Gasteiger partial charge in [-0.15, -0.1) is 12.4 Å². The number of hydrogen-bond acceptors (Lipinski definition) is 3. The first-order valence-electron chi connectivity index (χ1n) is 5.18. The first-order chi connectivity index (χ1) is 8.01. The molecule has 1 aromatic rings. The molecule has 0 aliphatic carbocycles. The Balaban J connectivity index is 0.00000162. The monoisotopic (exact) mass is 374 g/mol. The van der Waals surface area contributed by atoms with E-state index in [1.807, 2.05) is 0 Å². The molecule has 0 unspecified atom stereocenters. The number of hydrogen-bond donors (Lipinski definition) is 1. The van der Waals surface area contributed by atoms with E-state index in [-0.39, 0.29) is 17.3 Å². The summed E-state index contributed by atoms with van der Waals surface area (Å²) in [5, 5.41) is 3.63. The van der Waals surface area contributed by atoms with Crippen molar-refractivity contribution in [2.24, 2.45) is 0 Å². The van der Waals surface area contributed by atoms with Crippen molar-refractivity contribution in [1.29, 1.82) is 0 Å². The van der Waals surface area contributed by atoms with Crippen LogP contribution in [-0.4, -0.2) is 38.9 Å². The van der Waals surface area contributed by atoms with E-state index in [0.717, 1.165) is 0 Å². The maximum absolute atomic E-state index is 12.3. The molecule has 1 fully saturated rings. The van der Waals surface area contributed by atoms with Crippen molar-refractivity contribution < 1.29 is 8.42 Å². The molecule has 8 heteroatoms. The van der Waals surface area contributed by atoms with Crippen molar-refractivity contribution >= 4 is 50.0 Å². The van der Waals surface area contributed by atoms with Crippen LogP contribution in [0.1, 0.15) is 0 Å². The van der Waals surface area contributed by atoms with Gasteiger partial charge >= 0.3 is 0 Å². The minimum atomic E-state index is -3.42. The molecule has 0 radical (unpaired) electrons. The van der Waals surface area contributed by atoms with E-state index >= 15 is 0 Å². The summed E-state index contributed by atoms with van der Waals surface area (Å²) < 4.78 is 26.7. The second-order valence-electron chi connectivity index (χ2n) is 3.73. The van der Waals surface area contributed by atoms with E-state index in [1.165, 1.54) is 10.4 Å². The Labute approximate surface area is 126 Å². The Morgan fingerprint density at radius 2 is 1.89 bits per heavy atom. The Bertz CT molecular complexity index is 519. The maximum atomic E-state index is 12.3. The fraction of sp³-hybridized carbons (Fsp3) is 0.400. The minimum absolute atomic E-state index is 0. The van der Waals surface area contributed by atoms with E-state index in [9.17, 15) is 8.42 Å². The smallest absolute Gasteiger partial charge is 0.244 e. The fourth-order valence-corrected chi connectivity index (χ4v) is 4.49. The molecule has 0 spiro atoms. The predicted molar refractivity (Wildman–Crippen MR) is 78.0 cm³/mol. The molecule has 1 saturated heterocycles. The summed E-state index contributed by atoms with van der Waals surface area (Å²) in [6.45, 7) is 2.36. The molecule has 1 aromatic carbocycles. The number of piperazine rings is 1. The van der Waals surface area contributed by atoms with Crippen LogP contribution in [0, 0.1) is 0 Å². The predicted octanol–water partition coefficient (Wildman–Crippen LogP) is 2.12. The Kier molecular flexibility index (Phi) is 5.89. The first kappa shape index (κ1) is 16.2. The van der Waals surface area contributed by atoms with Gasteiger partial charge in [-0.1, -0.05) is 11.6 Å². The lowest BCUT2D eigenvalue weighted by Gasteiger charge is -2.27. The van der Waals surface area contributed by atoms with Crippen LogP contribution in [0.3, 0.4) is 0 Å². The number of nitrogens with one attached hydrogen (secondary N) is 1. The summed E-state index contributed by atoms with van der Waals surface area (Å²) in [6.07, 6.45) is 0. The van der Waals surface area contributed by atoms with Crippen LogP contribution >= 0.6 is 39.9 Å². The van der Waals surface area contributed by atoms with Crippen LogP contribution in [0.5, 0.6) is 0 Å². The average molecular weight is 376 g/mol. The topological polar surface area (TPSA) is 49.4 Å². The van der Waals surface area contributed by atoms with Gasteiger partial charge in [-0.2, -0.15) is 4.31 Å². The van der Waals surface area contributed by atoms with Crippen molar-refractivity contribution in [2.45, 2.75) is 4.90 Å². The fourth-order valence-electron chi connectivity index (χ4n) is 1.71. The summed E-state index contributed by atoms with van der Waals surface area (Å²) in [4.78, 5) is 0.267. The van der Waals surface area contributed by atoms with Gasteiger partial charge in [-0.05, 0) is 34.1 Å². The molecule has 1 aliphatic rings. The zero-order valence-electron chi connectivity index (χ0n) is 9.40. The summed E-state index contributed by atoms with van der Waals surface area (Å²) >= 11 is 9.05. The zero-order valence-corrected chi connectivity index (χ0v) is 13.4. The lowest BCUT2D eigenvalue weighted by Crippen LogP contribution is -2.46. The van der Waals surface area contributed by atoms with E-state index in [0.29, 0.717) is 35.7 Å². The highest BCUT2D eigenvalue weighted by Crippen LogP contribution is 2.27. The highest BCUT2D eigenvalue weighted by molar-refractivity contribution is 9.10. The molecule has 1 N–H and O–H groups in total. The summed E-state index contributed by atoms with van der Waals surface area (Å²) in [5.41, 5.74) is 0. The zero-order chi connectivity index (χ0) is 12.5. The quantitative estimate of drug-likeness (QED) is 0.861. The second kappa shape index (κ2) is 6.54. The Morgan fingerprint density at radius 1 is 1.28 bits per heavy atom. The van der Waals surface area contributed by atoms with E-state index < -0.39 is 10.0 Å². The van der Waals surface area contributed by atoms with E-state index in [2.05, 4.69) is 21.2 Å². The standard InChI is InChI=1S/C10H12BrClN2O2S.ClH/c11-9-7-8(12)1-2-10(9)17(15,16)14-5-3-13-4-6-14;/h1-2,7,13H,3-6H2;1H. The van der Waals surface area contributed by atoms with Gasteiger partial charge in [0.15, 0.2) is 0 Å². The third kappa shape index (κ3) is 3.37. The molecule has 4 nitrogen and oxygen atoms in total. The molecule has 0 saturated carbocycles. The van der Waals surface area contributed by atoms with Gasteiger partial charge in [-0.3, -0.25) is 0 Å². The van der Waals surface area contributed by atoms with Gasteiger partial charge < -0.3 is 5.32 Å². The molecule has 2 rings (SSSR count). The third-order valence-electron chi connectivity index (χ3n) is 2.59. The Morgan fingerprint density at radius 3 is 2.44 bits per heavy atom. The molecule has 102 valence electrons. The van der Waals surface area contributed by atoms with Gasteiger partial charge in [0.25, 0.3) is 0 Å². The highest BCUT2D eigenvalue weighted by Gasteiger charge is 2.27. The molecule has 18 heavy (non-hydrogen) atoms. The van der Waals surface area contributed by atoms with Crippen LogP contribution in [-0.2, 0) is 10.0 Å². The number of sulfonamides is 1. The molecular weight excluding hydrogens is 363 g/mol. The third-order valence-corrected chi connectivity index (χ3v) is 5.70. The average Bonchev–Trinajstić information content (AvgIpc) is 2.29. The maximum Gasteiger partial charge on any atom is 0.244 e. The Hall–Kier alpha value is 0.150. The number of halogens is 3. The number of nitrogens with zero attached hydrogens (tertiary/aromatic N) is 1. The largest absolute Gasteiger partial charge is 0.314 e. The first-order valence-corrected chi connectivity index (χ1v) is 7.79. The van der Waals surface area contributed by atoms with Crippen LogP contribution in [0.15, 0.2) is 27.6 Å². The van der Waals surface area contributed by atoms with Crippen molar-refractivity contribution in [3.8, 4) is 0 Å². The van der Waals surface area contributed by atoms with Crippen molar-refractivity contribution in [3.05, 3.63) is 27.7 Å². The van der Waals surface area contributed by atoms with Crippen LogP contribution < -0.4 is 5.32 Å². The van der Waals surface area contributed by atoms with Crippen LogP contribution in [0.2, 0.25) is 5.02 Å². The van der Waals surface area contributed by atoms with Crippen molar-refractivity contribution in [3.63, 3.8) is 0 Å². The lowest BCUT2D eigenvalue weighted by atomic mass is 10.4. The van der Waals surface area contributed by atoms with Crippen LogP contribution in [0.25, 0.3) is 0 Å². The second-order valence-corrected chi connectivity index (χ2v) is 6.93. The van der Waals surface area contributed by atoms with Gasteiger partial charge in [-0.25, -0.2) is 8.42 Å². The van der Waals surface area contributed by atoms with E-state index in [4.69, 9.17) is 11.6 Å². The summed E-state index contributed by atoms with van der Waals surface area (Å²) in [7, 11) is -3.42. The number of rotatable bonds is 2. The molecule has 1 heterocycles. The normalized spacial score (nSPS) is 17.2. The lowest BCUT2D eigenvalue weighted by molar-refractivity contribution is 0.360. The summed E-state index contributed by atoms with van der Waals surface area (Å²) in [6, 6.07) is 4.71. The van der Waals surface area contributed by atoms with Crippen molar-refractivity contribution in [1.82, 2.24) is 9.62 Å². The van der Waals surface area contributed by atoms with Gasteiger partial charge in [0.2, 0.25) is 10.0 Å². The highest BCUT2D eigenvalue weighted by atomic mass is 79.9.